The van der Waals surface area contributed by atoms with E-state index in [-0.39, 0.29) is 57.3 Å². The van der Waals surface area contributed by atoms with Gasteiger partial charge in [0.15, 0.2) is 0 Å². The number of carbonyl (C=O) groups excluding carboxylic acids is 1. The van der Waals surface area contributed by atoms with E-state index in [0.29, 0.717) is 6.04 Å². The zero-order valence-electron chi connectivity index (χ0n) is 12.9. The van der Waals surface area contributed by atoms with Gasteiger partial charge in [-0.15, -0.1) is 0 Å². The van der Waals surface area contributed by atoms with Gasteiger partial charge in [0, 0.05) is 39.6 Å². The Hall–Kier alpha value is 1.07. The minimum atomic E-state index is 0. The maximum absolute atomic E-state index is 11.4. The zero-order valence-corrected chi connectivity index (χ0v) is 16.0. The van der Waals surface area contributed by atoms with Crippen LogP contribution in [-0.2, 0) is 4.79 Å². The molecule has 0 spiro atoms. The Balaban J connectivity index is 0.00000180. The first-order valence-electron chi connectivity index (χ1n) is 7.44. The number of amides is 1. The molecule has 3 nitrogen and oxygen atoms in total. The summed E-state index contributed by atoms with van der Waals surface area (Å²) in [5.41, 5.74) is 0. The Bertz CT molecular complexity index is 271. The van der Waals surface area contributed by atoms with Gasteiger partial charge in [0.25, 0.3) is 0 Å². The summed E-state index contributed by atoms with van der Waals surface area (Å²) in [6.07, 6.45) is 10.1. The molecule has 1 saturated carbocycles. The van der Waals surface area contributed by atoms with Crippen LogP contribution >= 0.6 is 0 Å². The Morgan fingerprint density at radius 2 is 1.79 bits per heavy atom. The van der Waals surface area contributed by atoms with E-state index < -0.39 is 0 Å². The summed E-state index contributed by atoms with van der Waals surface area (Å²) in [6, 6.07) is 0.471. The molecule has 0 aromatic carbocycles. The number of likely N-dealkylation sites (tertiary alicyclic amines) is 1. The molecule has 1 amide bonds. The minimum Gasteiger partial charge on any atom is -0.343 e. The molecule has 19 heavy (non-hydrogen) atoms. The molecule has 1 saturated heterocycles. The molecular weight excluding hydrogens is 263 g/mol. The van der Waals surface area contributed by atoms with Crippen molar-refractivity contribution in [2.24, 2.45) is 5.92 Å². The Kier molecular flexibility index (Phi) is 8.73. The smallest absolute Gasteiger partial charge is 0.343 e. The van der Waals surface area contributed by atoms with Crippen molar-refractivity contribution in [2.75, 3.05) is 26.7 Å². The van der Waals surface area contributed by atoms with Crippen molar-refractivity contribution in [3.8, 4) is 0 Å². The standard InChI is InChI=1S/C15H27N2O.K/c1-13(18)16(2)15-8-10-17(11-9-15)12-14-6-4-3-5-7-14;/h3,14-15H,4-12H2,1-2H3;/q-1;+1. The van der Waals surface area contributed by atoms with Gasteiger partial charge in [0.2, 0.25) is 5.91 Å². The van der Waals surface area contributed by atoms with Crippen molar-refractivity contribution in [2.45, 2.75) is 51.5 Å². The summed E-state index contributed by atoms with van der Waals surface area (Å²) in [7, 11) is 1.94. The number of carbonyl (C=O) groups is 1. The molecule has 2 fully saturated rings. The van der Waals surface area contributed by atoms with E-state index in [1.54, 1.807) is 6.92 Å². The van der Waals surface area contributed by atoms with Crippen LogP contribution in [0.15, 0.2) is 0 Å². The van der Waals surface area contributed by atoms with Crippen LogP contribution in [-0.4, -0.2) is 48.4 Å². The Morgan fingerprint density at radius 1 is 1.21 bits per heavy atom. The first-order chi connectivity index (χ1) is 8.66. The fourth-order valence-electron chi connectivity index (χ4n) is 3.29. The van der Waals surface area contributed by atoms with Crippen LogP contribution in [0.4, 0.5) is 0 Å². The van der Waals surface area contributed by atoms with E-state index in [4.69, 9.17) is 0 Å². The van der Waals surface area contributed by atoms with E-state index in [1.807, 2.05) is 11.9 Å². The topological polar surface area (TPSA) is 23.6 Å². The molecule has 1 aliphatic carbocycles. The third kappa shape index (κ3) is 5.75. The molecule has 0 unspecified atom stereocenters. The SMILES string of the molecule is CC(=O)N(C)C1CCN(CC2CC[CH-]CC2)CC1.[K+]. The van der Waals surface area contributed by atoms with Crippen molar-refractivity contribution in [3.05, 3.63) is 6.42 Å². The second-order valence-corrected chi connectivity index (χ2v) is 5.97. The predicted octanol–water partition coefficient (Wildman–Crippen LogP) is -0.672. The van der Waals surface area contributed by atoms with Crippen LogP contribution in [0.3, 0.4) is 0 Å². The molecule has 0 aromatic rings. The Morgan fingerprint density at radius 3 is 2.32 bits per heavy atom. The first-order valence-corrected chi connectivity index (χ1v) is 7.44. The second-order valence-electron chi connectivity index (χ2n) is 5.97. The molecule has 0 atom stereocenters. The van der Waals surface area contributed by atoms with Gasteiger partial charge in [-0.2, -0.15) is 12.8 Å². The molecule has 0 aromatic heterocycles. The van der Waals surface area contributed by atoms with Crippen molar-refractivity contribution in [1.29, 1.82) is 0 Å². The maximum Gasteiger partial charge on any atom is 1.00 e. The number of hydrogen-bond acceptors (Lipinski definition) is 2. The third-order valence-electron chi connectivity index (χ3n) is 4.68. The van der Waals surface area contributed by atoms with Gasteiger partial charge in [-0.05, 0) is 18.8 Å². The summed E-state index contributed by atoms with van der Waals surface area (Å²) in [5, 5.41) is 0. The Labute approximate surface area is 160 Å². The quantitative estimate of drug-likeness (QED) is 0.508. The average Bonchev–Trinajstić information content (AvgIpc) is 2.40. The fourth-order valence-corrected chi connectivity index (χ4v) is 3.29. The van der Waals surface area contributed by atoms with Gasteiger partial charge in [-0.3, -0.25) is 4.79 Å². The number of rotatable bonds is 3. The van der Waals surface area contributed by atoms with E-state index in [1.165, 1.54) is 45.3 Å². The summed E-state index contributed by atoms with van der Waals surface area (Å²) in [6.45, 7) is 5.29. The van der Waals surface area contributed by atoms with Gasteiger partial charge in [-0.1, -0.05) is 12.8 Å². The maximum atomic E-state index is 11.4. The van der Waals surface area contributed by atoms with Crippen LogP contribution in [0.25, 0.3) is 0 Å². The molecule has 104 valence electrons. The van der Waals surface area contributed by atoms with Gasteiger partial charge in [0.1, 0.15) is 0 Å². The molecule has 0 bridgehead atoms. The molecule has 2 rings (SSSR count). The predicted molar refractivity (Wildman–Crippen MR) is 74.2 cm³/mol. The summed E-state index contributed by atoms with van der Waals surface area (Å²) in [4.78, 5) is 15.9. The van der Waals surface area contributed by atoms with Crippen LogP contribution in [0.5, 0.6) is 0 Å². The molecule has 2 aliphatic rings. The van der Waals surface area contributed by atoms with Crippen LogP contribution in [0.2, 0.25) is 0 Å². The largest absolute Gasteiger partial charge is 1.00 e. The van der Waals surface area contributed by atoms with E-state index in [2.05, 4.69) is 11.3 Å². The van der Waals surface area contributed by atoms with Gasteiger partial charge in [-0.25, -0.2) is 0 Å². The van der Waals surface area contributed by atoms with E-state index in [9.17, 15) is 4.79 Å². The van der Waals surface area contributed by atoms with Gasteiger partial charge >= 0.3 is 51.4 Å². The monoisotopic (exact) mass is 290 g/mol. The summed E-state index contributed by atoms with van der Waals surface area (Å²) >= 11 is 0. The third-order valence-corrected chi connectivity index (χ3v) is 4.68. The molecular formula is C15H27KN2O. The van der Waals surface area contributed by atoms with Crippen molar-refractivity contribution < 1.29 is 56.2 Å². The second kappa shape index (κ2) is 9.16. The van der Waals surface area contributed by atoms with Crippen molar-refractivity contribution in [3.63, 3.8) is 0 Å². The fraction of sp³-hybridized carbons (Fsp3) is 0.867. The van der Waals surface area contributed by atoms with Crippen molar-refractivity contribution in [1.82, 2.24) is 9.80 Å². The number of piperidine rings is 1. The molecule has 0 radical (unpaired) electrons. The van der Waals surface area contributed by atoms with Crippen LogP contribution < -0.4 is 51.4 Å². The van der Waals surface area contributed by atoms with Gasteiger partial charge in [0.05, 0.1) is 0 Å². The molecule has 1 aliphatic heterocycles. The van der Waals surface area contributed by atoms with E-state index >= 15 is 0 Å². The summed E-state index contributed by atoms with van der Waals surface area (Å²) in [5.74, 6) is 1.12. The molecule has 1 heterocycles. The average molecular weight is 290 g/mol. The zero-order chi connectivity index (χ0) is 13.0. The molecule has 4 heteroatoms. The number of hydrogen-bond donors (Lipinski definition) is 0. The summed E-state index contributed by atoms with van der Waals surface area (Å²) < 4.78 is 0. The minimum absolute atomic E-state index is 0. The van der Waals surface area contributed by atoms with Crippen LogP contribution in [0.1, 0.15) is 45.4 Å². The van der Waals surface area contributed by atoms with Crippen molar-refractivity contribution >= 4 is 5.91 Å². The van der Waals surface area contributed by atoms with E-state index in [0.717, 1.165) is 18.8 Å². The van der Waals surface area contributed by atoms with Gasteiger partial charge < -0.3 is 16.2 Å². The normalized spacial score (nSPS) is 22.8. The number of nitrogens with zero attached hydrogens (tertiary/aromatic N) is 2. The first kappa shape index (κ1) is 18.1. The van der Waals surface area contributed by atoms with Crippen LogP contribution in [0, 0.1) is 12.3 Å². The molecule has 0 N–H and O–H groups in total.